The Morgan fingerprint density at radius 2 is 1.94 bits per heavy atom. The number of nitrogens with one attached hydrogen (secondary N) is 2. The van der Waals surface area contributed by atoms with E-state index in [1.807, 2.05) is 34.5 Å². The molecule has 5 heterocycles. The fourth-order valence-electron chi connectivity index (χ4n) is 5.52. The van der Waals surface area contributed by atoms with E-state index < -0.39 is 12.2 Å². The van der Waals surface area contributed by atoms with Crippen molar-refractivity contribution in [2.45, 2.75) is 51.7 Å². The van der Waals surface area contributed by atoms with Gasteiger partial charge in [0.25, 0.3) is 11.5 Å². The molecule has 0 radical (unpaired) electrons. The van der Waals surface area contributed by atoms with Crippen LogP contribution in [-0.2, 0) is 16.7 Å². The summed E-state index contributed by atoms with van der Waals surface area (Å²) in [6, 6.07) is 10.7. The van der Waals surface area contributed by atoms with Gasteiger partial charge < -0.3 is 19.7 Å². The molecule has 52 heavy (non-hydrogen) atoms. The van der Waals surface area contributed by atoms with Crippen LogP contribution in [0.3, 0.4) is 0 Å². The molecule has 6 rings (SSSR count). The Bertz CT molecular complexity index is 2140. The largest absolute Gasteiger partial charge is 0.497 e. The molecule has 1 aliphatic rings. The Balaban J connectivity index is 1.30. The van der Waals surface area contributed by atoms with E-state index in [0.717, 1.165) is 17.0 Å². The molecule has 0 spiro atoms. The number of methoxy groups -OCH3 is 1. The summed E-state index contributed by atoms with van der Waals surface area (Å²) in [5, 5.41) is 20.6. The maximum absolute atomic E-state index is 14.1. The van der Waals surface area contributed by atoms with Gasteiger partial charge in [0.2, 0.25) is 0 Å². The molecule has 2 N–H and O–H groups in total. The van der Waals surface area contributed by atoms with Crippen molar-refractivity contribution in [3.8, 4) is 5.75 Å². The highest BCUT2D eigenvalue weighted by Gasteiger charge is 2.27. The van der Waals surface area contributed by atoms with E-state index in [-0.39, 0.29) is 40.5 Å². The highest BCUT2D eigenvalue weighted by Crippen LogP contribution is 2.27. The monoisotopic (exact) mass is 746 g/mol. The Morgan fingerprint density at radius 3 is 2.67 bits per heavy atom. The number of carbonyl (C=O) groups is 2. The average Bonchev–Trinajstić information content (AvgIpc) is 3.80. The summed E-state index contributed by atoms with van der Waals surface area (Å²) < 4.78 is 12.3. The number of aromatic nitrogens is 7. The lowest BCUT2D eigenvalue weighted by atomic mass is 9.93. The summed E-state index contributed by atoms with van der Waals surface area (Å²) in [7, 11) is 1.61. The normalized spacial score (nSPS) is 14.9. The molecular formula is C35H39ClN10O5S. The summed E-state index contributed by atoms with van der Waals surface area (Å²) in [5.74, 6) is 1.29. The van der Waals surface area contributed by atoms with Crippen molar-refractivity contribution in [2.75, 3.05) is 42.8 Å². The molecular weight excluding hydrogens is 708 g/mol. The first-order chi connectivity index (χ1) is 25.0. The van der Waals surface area contributed by atoms with Crippen LogP contribution in [0.1, 0.15) is 66.6 Å². The quantitative estimate of drug-likeness (QED) is 0.177. The van der Waals surface area contributed by atoms with Crippen molar-refractivity contribution >= 4 is 63.7 Å². The Hall–Kier alpha value is -5.35. The molecule has 4 aromatic heterocycles. The zero-order valence-corrected chi connectivity index (χ0v) is 30.8. The number of hydrogen-bond donors (Lipinski definition) is 2. The second-order valence-corrected chi connectivity index (χ2v) is 14.4. The number of fused-ring (bicyclic) bond motifs is 1. The molecule has 2 amide bonds. The SMILES string of the molecule is COc1ccc(Cn2nnc(/C=C/c3c(N4CCC[C@H](OC(=O)NCCCl)C4)nc4cc(C(=O)Nc5nc(C(C)(C)C)cs5)ccn4c3=O)n2)cc1. The fraction of sp³-hybridized carbons (Fsp3) is 0.371. The number of piperidine rings is 1. The molecule has 1 aromatic carbocycles. The van der Waals surface area contributed by atoms with Crippen LogP contribution < -0.4 is 25.8 Å². The van der Waals surface area contributed by atoms with Crippen LogP contribution in [0.15, 0.2) is 52.8 Å². The number of tetrazole rings is 1. The Kier molecular flexibility index (Phi) is 11.1. The lowest BCUT2D eigenvalue weighted by Gasteiger charge is -2.33. The average molecular weight is 747 g/mol. The summed E-state index contributed by atoms with van der Waals surface area (Å²) in [6.07, 6.45) is 5.05. The van der Waals surface area contributed by atoms with Crippen LogP contribution in [0.25, 0.3) is 17.8 Å². The number of benzene rings is 1. The molecule has 0 aliphatic carbocycles. The van der Waals surface area contributed by atoms with Gasteiger partial charge in [-0.15, -0.1) is 33.1 Å². The number of hydrogen-bond acceptors (Lipinski definition) is 12. The molecule has 0 bridgehead atoms. The first-order valence-electron chi connectivity index (χ1n) is 16.7. The lowest BCUT2D eigenvalue weighted by Crippen LogP contribution is -2.43. The predicted molar refractivity (Wildman–Crippen MR) is 200 cm³/mol. The molecule has 0 unspecified atom stereocenters. The third-order valence-corrected chi connectivity index (χ3v) is 9.21. The summed E-state index contributed by atoms with van der Waals surface area (Å²) >= 11 is 7.06. The molecule has 1 aliphatic heterocycles. The van der Waals surface area contributed by atoms with Gasteiger partial charge in [-0.2, -0.15) is 4.80 Å². The minimum absolute atomic E-state index is 0.160. The number of carbonyl (C=O) groups excluding carboxylic acids is 2. The van der Waals surface area contributed by atoms with E-state index in [1.54, 1.807) is 31.4 Å². The van der Waals surface area contributed by atoms with Gasteiger partial charge in [0.1, 0.15) is 23.3 Å². The number of ether oxygens (including phenoxy) is 2. The Morgan fingerprint density at radius 1 is 1.13 bits per heavy atom. The van der Waals surface area contributed by atoms with Crippen LogP contribution in [0, 0.1) is 0 Å². The number of thiazole rings is 1. The maximum atomic E-state index is 14.1. The number of anilines is 2. The number of halogens is 1. The van der Waals surface area contributed by atoms with E-state index in [4.69, 9.17) is 26.1 Å². The van der Waals surface area contributed by atoms with Crippen molar-refractivity contribution in [3.05, 3.63) is 86.5 Å². The predicted octanol–water partition coefficient (Wildman–Crippen LogP) is 4.85. The van der Waals surface area contributed by atoms with Crippen molar-refractivity contribution in [1.29, 1.82) is 0 Å². The molecule has 5 aromatic rings. The second-order valence-electron chi connectivity index (χ2n) is 13.1. The summed E-state index contributed by atoms with van der Waals surface area (Å²) in [4.78, 5) is 52.6. The zero-order valence-electron chi connectivity index (χ0n) is 29.2. The minimum atomic E-state index is -0.562. The number of amides is 2. The number of pyridine rings is 1. The highest BCUT2D eigenvalue weighted by atomic mass is 35.5. The molecule has 1 fully saturated rings. The number of nitrogens with zero attached hydrogens (tertiary/aromatic N) is 8. The molecule has 17 heteroatoms. The highest BCUT2D eigenvalue weighted by molar-refractivity contribution is 7.14. The van der Waals surface area contributed by atoms with Gasteiger partial charge in [-0.1, -0.05) is 32.9 Å². The van der Waals surface area contributed by atoms with E-state index >= 15 is 0 Å². The van der Waals surface area contributed by atoms with Crippen molar-refractivity contribution in [1.82, 2.24) is 39.9 Å². The third kappa shape index (κ3) is 8.74. The van der Waals surface area contributed by atoms with Crippen molar-refractivity contribution in [3.63, 3.8) is 0 Å². The van der Waals surface area contributed by atoms with E-state index in [1.165, 1.54) is 26.7 Å². The fourth-order valence-corrected chi connectivity index (χ4v) is 6.55. The lowest BCUT2D eigenvalue weighted by molar-refractivity contribution is 0.0886. The third-order valence-electron chi connectivity index (χ3n) is 8.27. The van der Waals surface area contributed by atoms with Crippen molar-refractivity contribution in [2.24, 2.45) is 0 Å². The van der Waals surface area contributed by atoms with E-state index in [2.05, 4.69) is 51.8 Å². The molecule has 1 atom stereocenters. The first kappa shape index (κ1) is 36.4. The second kappa shape index (κ2) is 15.9. The van der Waals surface area contributed by atoms with Gasteiger partial charge in [0.15, 0.2) is 11.0 Å². The van der Waals surface area contributed by atoms with Crippen LogP contribution in [0.4, 0.5) is 15.7 Å². The molecule has 15 nitrogen and oxygen atoms in total. The first-order valence-corrected chi connectivity index (χ1v) is 18.1. The van der Waals surface area contributed by atoms with Gasteiger partial charge in [-0.25, -0.2) is 14.8 Å². The smallest absolute Gasteiger partial charge is 0.407 e. The maximum Gasteiger partial charge on any atom is 0.407 e. The van der Waals surface area contributed by atoms with Crippen LogP contribution >= 0.6 is 22.9 Å². The summed E-state index contributed by atoms with van der Waals surface area (Å²) in [6.45, 7) is 7.69. The number of rotatable bonds is 11. The Labute approximate surface area is 308 Å². The van der Waals surface area contributed by atoms with Gasteiger partial charge in [-0.3, -0.25) is 19.3 Å². The van der Waals surface area contributed by atoms with Crippen molar-refractivity contribution < 1.29 is 19.1 Å². The van der Waals surface area contributed by atoms with Crippen LogP contribution in [0.5, 0.6) is 5.75 Å². The number of alkyl carbamates (subject to hydrolysis) is 1. The minimum Gasteiger partial charge on any atom is -0.497 e. The van der Waals surface area contributed by atoms with Gasteiger partial charge in [-0.05, 0) is 60.0 Å². The molecule has 1 saturated heterocycles. The van der Waals surface area contributed by atoms with Crippen LogP contribution in [-0.4, -0.2) is 85.3 Å². The number of alkyl halides is 1. The topological polar surface area (TPSA) is 171 Å². The standard InChI is InChI=1S/C35H39ClN10O5S/c1-35(2,3)27-21-52-33(38-27)40-31(47)23-13-17-45-29(18-23)39-30(44-16-5-6-25(20-44)51-34(49)37-15-14-36)26(32(45)48)11-12-28-41-43-46(42-28)19-22-7-9-24(50-4)10-8-22/h7-13,17-18,21,25H,5-6,14-16,19-20H2,1-4H3,(H,37,49)(H,38,40,47)/b12-11+/t25-/m0/s1. The zero-order chi connectivity index (χ0) is 36.8. The molecule has 272 valence electrons. The summed E-state index contributed by atoms with van der Waals surface area (Å²) in [5.41, 5.74) is 2.15. The van der Waals surface area contributed by atoms with Gasteiger partial charge in [0, 0.05) is 41.5 Å². The van der Waals surface area contributed by atoms with Crippen LogP contribution in [0.2, 0.25) is 0 Å². The van der Waals surface area contributed by atoms with Gasteiger partial charge in [0.05, 0.1) is 31.5 Å². The van der Waals surface area contributed by atoms with Gasteiger partial charge >= 0.3 is 6.09 Å². The van der Waals surface area contributed by atoms with E-state index in [0.29, 0.717) is 54.8 Å². The molecule has 0 saturated carbocycles. The van der Waals surface area contributed by atoms with E-state index in [9.17, 15) is 14.4 Å².